The minimum absolute atomic E-state index is 0.146. The van der Waals surface area contributed by atoms with Crippen LogP contribution in [-0.4, -0.2) is 23.2 Å². The Kier molecular flexibility index (Phi) is 5.17. The molecule has 0 radical (unpaired) electrons. The molecule has 2 aromatic heterocycles. The molecule has 110 valence electrons. The van der Waals surface area contributed by atoms with Crippen LogP contribution in [0.3, 0.4) is 0 Å². The molecule has 5 nitrogen and oxygen atoms in total. The Balaban J connectivity index is 2.09. The van der Waals surface area contributed by atoms with E-state index in [0.29, 0.717) is 18.8 Å². The number of halogens is 1. The van der Waals surface area contributed by atoms with E-state index >= 15 is 0 Å². The highest BCUT2D eigenvalue weighted by atomic mass is 35.7. The fourth-order valence-corrected chi connectivity index (χ4v) is 3.70. The summed E-state index contributed by atoms with van der Waals surface area (Å²) in [4.78, 5) is 1.32. The van der Waals surface area contributed by atoms with Crippen LogP contribution < -0.4 is 0 Å². The summed E-state index contributed by atoms with van der Waals surface area (Å²) < 4.78 is 24.5. The standard InChI is InChI=1S/C12H16ClN3O2S2/c1-2-8-16-11(14-15-12(16)20(13,17)18)7-3-5-10-6-4-9-19-10/h4,6,9H,2-3,5,7-8H2,1H3. The van der Waals surface area contributed by atoms with E-state index in [0.717, 1.165) is 19.3 Å². The topological polar surface area (TPSA) is 64.8 Å². The molecular weight excluding hydrogens is 318 g/mol. The Morgan fingerprint density at radius 3 is 2.75 bits per heavy atom. The van der Waals surface area contributed by atoms with Gasteiger partial charge < -0.3 is 4.57 Å². The largest absolute Gasteiger partial charge is 0.301 e. The molecule has 0 aliphatic rings. The van der Waals surface area contributed by atoms with Crippen molar-refractivity contribution in [3.8, 4) is 0 Å². The van der Waals surface area contributed by atoms with Crippen LogP contribution in [0.15, 0.2) is 22.7 Å². The third-order valence-electron chi connectivity index (χ3n) is 2.86. The molecule has 0 fully saturated rings. The molecule has 0 unspecified atom stereocenters. The van der Waals surface area contributed by atoms with Crippen molar-refractivity contribution in [1.82, 2.24) is 14.8 Å². The van der Waals surface area contributed by atoms with Crippen molar-refractivity contribution in [3.63, 3.8) is 0 Å². The number of nitrogens with zero attached hydrogens (tertiary/aromatic N) is 3. The molecular formula is C12H16ClN3O2S2. The smallest absolute Gasteiger partial charge is 0.296 e. The lowest BCUT2D eigenvalue weighted by Crippen LogP contribution is -2.09. The molecule has 0 aliphatic carbocycles. The predicted octanol–water partition coefficient (Wildman–Crippen LogP) is 2.85. The summed E-state index contributed by atoms with van der Waals surface area (Å²) in [6.45, 7) is 2.53. The van der Waals surface area contributed by atoms with E-state index in [-0.39, 0.29) is 5.16 Å². The van der Waals surface area contributed by atoms with Crippen LogP contribution >= 0.6 is 22.0 Å². The summed E-state index contributed by atoms with van der Waals surface area (Å²) in [5.74, 6) is 0.683. The van der Waals surface area contributed by atoms with E-state index in [1.165, 1.54) is 4.88 Å². The first-order valence-electron chi connectivity index (χ1n) is 6.41. The molecule has 0 spiro atoms. The van der Waals surface area contributed by atoms with Gasteiger partial charge >= 0.3 is 0 Å². The SMILES string of the molecule is CCCn1c(CCCc2cccs2)nnc1S(=O)(=O)Cl. The summed E-state index contributed by atoms with van der Waals surface area (Å²) in [6.07, 6.45) is 3.36. The van der Waals surface area contributed by atoms with Crippen LogP contribution in [0.1, 0.15) is 30.5 Å². The fraction of sp³-hybridized carbons (Fsp3) is 0.500. The first-order valence-corrected chi connectivity index (χ1v) is 9.60. The number of hydrogen-bond acceptors (Lipinski definition) is 5. The van der Waals surface area contributed by atoms with Gasteiger partial charge in [0, 0.05) is 28.5 Å². The summed E-state index contributed by atoms with van der Waals surface area (Å²) in [7, 11) is 1.54. The molecule has 0 aromatic carbocycles. The lowest BCUT2D eigenvalue weighted by atomic mass is 10.2. The van der Waals surface area contributed by atoms with Gasteiger partial charge in [0.2, 0.25) is 0 Å². The van der Waals surface area contributed by atoms with E-state index in [9.17, 15) is 8.42 Å². The molecule has 0 N–H and O–H groups in total. The van der Waals surface area contributed by atoms with E-state index in [1.54, 1.807) is 15.9 Å². The Morgan fingerprint density at radius 2 is 2.15 bits per heavy atom. The van der Waals surface area contributed by atoms with Crippen LogP contribution in [0.25, 0.3) is 0 Å². The van der Waals surface area contributed by atoms with Gasteiger partial charge in [-0.05, 0) is 30.7 Å². The van der Waals surface area contributed by atoms with Gasteiger partial charge in [0.25, 0.3) is 14.2 Å². The summed E-state index contributed by atoms with van der Waals surface area (Å²) in [5, 5.41) is 9.59. The second-order valence-electron chi connectivity index (χ2n) is 4.42. The molecule has 2 rings (SSSR count). The highest BCUT2D eigenvalue weighted by molar-refractivity contribution is 8.13. The minimum atomic E-state index is -3.84. The number of aryl methyl sites for hydroxylation is 2. The monoisotopic (exact) mass is 333 g/mol. The lowest BCUT2D eigenvalue weighted by Gasteiger charge is -2.06. The fourth-order valence-electron chi connectivity index (χ4n) is 2.01. The Hall–Kier alpha value is -0.920. The maximum Gasteiger partial charge on any atom is 0.296 e. The molecule has 0 bridgehead atoms. The zero-order valence-electron chi connectivity index (χ0n) is 11.1. The van der Waals surface area contributed by atoms with Crippen molar-refractivity contribution in [3.05, 3.63) is 28.2 Å². The molecule has 8 heteroatoms. The number of hydrogen-bond donors (Lipinski definition) is 0. The predicted molar refractivity (Wildman–Crippen MR) is 79.7 cm³/mol. The average Bonchev–Trinajstić information content (AvgIpc) is 2.99. The van der Waals surface area contributed by atoms with Crippen LogP contribution in [0, 0.1) is 0 Å². The number of thiophene rings is 1. The van der Waals surface area contributed by atoms with Gasteiger partial charge in [-0.25, -0.2) is 8.42 Å². The third-order valence-corrected chi connectivity index (χ3v) is 4.95. The van der Waals surface area contributed by atoms with E-state index < -0.39 is 9.05 Å². The molecule has 20 heavy (non-hydrogen) atoms. The highest BCUT2D eigenvalue weighted by Gasteiger charge is 2.21. The summed E-state index contributed by atoms with van der Waals surface area (Å²) in [6, 6.07) is 4.12. The van der Waals surface area contributed by atoms with Crippen molar-refractivity contribution < 1.29 is 8.42 Å². The van der Waals surface area contributed by atoms with Crippen molar-refractivity contribution >= 4 is 31.1 Å². The van der Waals surface area contributed by atoms with E-state index in [4.69, 9.17) is 10.7 Å². The lowest BCUT2D eigenvalue weighted by molar-refractivity contribution is 0.552. The van der Waals surface area contributed by atoms with Gasteiger partial charge in [0.15, 0.2) is 0 Å². The van der Waals surface area contributed by atoms with Gasteiger partial charge in [0.1, 0.15) is 5.82 Å². The Bertz CT molecular complexity index is 650. The first-order chi connectivity index (χ1) is 9.52. The molecule has 2 aromatic rings. The van der Waals surface area contributed by atoms with E-state index in [2.05, 4.69) is 16.3 Å². The van der Waals surface area contributed by atoms with Crippen molar-refractivity contribution in [2.24, 2.45) is 0 Å². The van der Waals surface area contributed by atoms with Crippen LogP contribution in [0.5, 0.6) is 0 Å². The average molecular weight is 334 g/mol. The normalized spacial score (nSPS) is 11.9. The zero-order chi connectivity index (χ0) is 14.6. The molecule has 0 amide bonds. The Morgan fingerprint density at radius 1 is 1.35 bits per heavy atom. The maximum atomic E-state index is 11.4. The van der Waals surface area contributed by atoms with Crippen LogP contribution in [0.2, 0.25) is 0 Å². The highest BCUT2D eigenvalue weighted by Crippen LogP contribution is 2.17. The quantitative estimate of drug-likeness (QED) is 0.731. The zero-order valence-corrected chi connectivity index (χ0v) is 13.5. The second-order valence-corrected chi connectivity index (χ2v) is 7.91. The van der Waals surface area contributed by atoms with Crippen molar-refractivity contribution in [1.29, 1.82) is 0 Å². The van der Waals surface area contributed by atoms with E-state index in [1.807, 2.05) is 18.4 Å². The number of rotatable bonds is 7. The van der Waals surface area contributed by atoms with Crippen LogP contribution in [-0.2, 0) is 28.4 Å². The molecule has 0 saturated carbocycles. The summed E-state index contributed by atoms with van der Waals surface area (Å²) in [5.41, 5.74) is 0. The van der Waals surface area contributed by atoms with Gasteiger partial charge in [-0.3, -0.25) is 0 Å². The molecule has 0 aliphatic heterocycles. The molecule has 0 saturated heterocycles. The van der Waals surface area contributed by atoms with Crippen molar-refractivity contribution in [2.45, 2.75) is 44.3 Å². The van der Waals surface area contributed by atoms with Crippen LogP contribution in [0.4, 0.5) is 0 Å². The third kappa shape index (κ3) is 3.80. The molecule has 2 heterocycles. The van der Waals surface area contributed by atoms with Crippen molar-refractivity contribution in [2.75, 3.05) is 0 Å². The maximum absolute atomic E-state index is 11.4. The first kappa shape index (κ1) is 15.5. The summed E-state index contributed by atoms with van der Waals surface area (Å²) >= 11 is 1.72. The van der Waals surface area contributed by atoms with Gasteiger partial charge in [-0.2, -0.15) is 0 Å². The molecule has 0 atom stereocenters. The van der Waals surface area contributed by atoms with Gasteiger partial charge in [-0.15, -0.1) is 21.5 Å². The number of aromatic nitrogens is 3. The minimum Gasteiger partial charge on any atom is -0.301 e. The van der Waals surface area contributed by atoms with Gasteiger partial charge in [0.05, 0.1) is 0 Å². The second kappa shape index (κ2) is 6.69. The Labute approximate surface area is 127 Å². The van der Waals surface area contributed by atoms with Gasteiger partial charge in [-0.1, -0.05) is 13.0 Å².